The van der Waals surface area contributed by atoms with Crippen LogP contribution in [-0.2, 0) is 16.0 Å². The average Bonchev–Trinajstić information content (AvgIpc) is 2.27. The van der Waals surface area contributed by atoms with Gasteiger partial charge in [-0.25, -0.2) is 9.18 Å². The molecule has 2 atom stereocenters. The molecule has 5 nitrogen and oxygen atoms in total. The molecule has 1 rings (SSSR count). The van der Waals surface area contributed by atoms with Crippen molar-refractivity contribution >= 4 is 11.9 Å². The van der Waals surface area contributed by atoms with Crippen LogP contribution in [-0.4, -0.2) is 34.2 Å². The van der Waals surface area contributed by atoms with Crippen molar-refractivity contribution in [2.24, 2.45) is 0 Å². The van der Waals surface area contributed by atoms with Crippen LogP contribution in [0.2, 0.25) is 0 Å². The zero-order valence-electron chi connectivity index (χ0n) is 9.76. The van der Waals surface area contributed by atoms with Gasteiger partial charge in [0.2, 0.25) is 5.91 Å². The second-order valence-corrected chi connectivity index (χ2v) is 3.91. The molecule has 0 bridgehead atoms. The van der Waals surface area contributed by atoms with Crippen LogP contribution in [0.3, 0.4) is 0 Å². The number of carbonyl (C=O) groups is 2. The van der Waals surface area contributed by atoms with E-state index >= 15 is 0 Å². The molecule has 3 N–H and O–H groups in total. The van der Waals surface area contributed by atoms with Crippen LogP contribution in [0.15, 0.2) is 24.3 Å². The highest BCUT2D eigenvalue weighted by Gasteiger charge is 2.22. The van der Waals surface area contributed by atoms with E-state index in [1.54, 1.807) is 6.07 Å². The molecule has 0 unspecified atom stereocenters. The molecule has 6 heteroatoms. The fraction of sp³-hybridized carbons (Fsp3) is 0.333. The van der Waals surface area contributed by atoms with Gasteiger partial charge in [0.15, 0.2) is 0 Å². The van der Waals surface area contributed by atoms with Crippen molar-refractivity contribution in [3.63, 3.8) is 0 Å². The van der Waals surface area contributed by atoms with Gasteiger partial charge in [-0.3, -0.25) is 4.79 Å². The Morgan fingerprint density at radius 1 is 1.44 bits per heavy atom. The second kappa shape index (κ2) is 6.11. The molecule has 1 aromatic carbocycles. The summed E-state index contributed by atoms with van der Waals surface area (Å²) in [5.41, 5.74) is 0.452. The number of rotatable bonds is 5. The predicted octanol–water partition coefficient (Wildman–Crippen LogP) is 0.318. The van der Waals surface area contributed by atoms with Crippen LogP contribution in [0.4, 0.5) is 4.39 Å². The highest BCUT2D eigenvalue weighted by Crippen LogP contribution is 2.07. The van der Waals surface area contributed by atoms with E-state index in [1.165, 1.54) is 25.1 Å². The number of aliphatic hydroxyl groups excluding tert-OH is 1. The molecular formula is C12H14FNO4. The van der Waals surface area contributed by atoms with Crippen LogP contribution in [0.25, 0.3) is 0 Å². The summed E-state index contributed by atoms with van der Waals surface area (Å²) in [6.45, 7) is 1.23. The van der Waals surface area contributed by atoms with Crippen molar-refractivity contribution in [3.05, 3.63) is 35.6 Å². The molecule has 1 amide bonds. The van der Waals surface area contributed by atoms with Gasteiger partial charge in [0.1, 0.15) is 18.0 Å². The molecular weight excluding hydrogens is 241 g/mol. The Balaban J connectivity index is 2.75. The van der Waals surface area contributed by atoms with Crippen LogP contribution in [0, 0.1) is 5.82 Å². The molecule has 0 fully saturated rings. The largest absolute Gasteiger partial charge is 0.480 e. The first-order valence-corrected chi connectivity index (χ1v) is 5.36. The number of aliphatic hydroxyl groups is 1. The van der Waals surface area contributed by atoms with Gasteiger partial charge >= 0.3 is 5.97 Å². The van der Waals surface area contributed by atoms with E-state index in [1.807, 2.05) is 0 Å². The SMILES string of the molecule is C[C@H](O)C(=O)N[C@@H](Cc1cccc(F)c1)C(=O)O. The monoisotopic (exact) mass is 255 g/mol. The van der Waals surface area contributed by atoms with Gasteiger partial charge in [-0.1, -0.05) is 12.1 Å². The summed E-state index contributed by atoms with van der Waals surface area (Å²) in [6.07, 6.45) is -1.34. The van der Waals surface area contributed by atoms with Gasteiger partial charge < -0.3 is 15.5 Å². The summed E-state index contributed by atoms with van der Waals surface area (Å²) in [7, 11) is 0. The number of carboxylic acids is 1. The lowest BCUT2D eigenvalue weighted by molar-refractivity contribution is -0.143. The normalized spacial score (nSPS) is 13.7. The number of nitrogens with one attached hydrogen (secondary N) is 1. The fourth-order valence-corrected chi connectivity index (χ4v) is 1.39. The maximum Gasteiger partial charge on any atom is 0.326 e. The van der Waals surface area contributed by atoms with E-state index < -0.39 is 29.8 Å². The molecule has 0 saturated carbocycles. The second-order valence-electron chi connectivity index (χ2n) is 3.91. The van der Waals surface area contributed by atoms with Crippen molar-refractivity contribution < 1.29 is 24.2 Å². The molecule has 0 aliphatic heterocycles. The van der Waals surface area contributed by atoms with Crippen molar-refractivity contribution in [2.75, 3.05) is 0 Å². The Kier molecular flexibility index (Phi) is 4.79. The summed E-state index contributed by atoms with van der Waals surface area (Å²) in [6, 6.07) is 4.26. The summed E-state index contributed by atoms with van der Waals surface area (Å²) in [5.74, 6) is -2.49. The van der Waals surface area contributed by atoms with Crippen LogP contribution in [0.1, 0.15) is 12.5 Å². The molecule has 0 aromatic heterocycles. The number of hydrogen-bond acceptors (Lipinski definition) is 3. The fourth-order valence-electron chi connectivity index (χ4n) is 1.39. The molecule has 18 heavy (non-hydrogen) atoms. The Hall–Kier alpha value is -1.95. The molecule has 0 saturated heterocycles. The van der Waals surface area contributed by atoms with Crippen molar-refractivity contribution in [2.45, 2.75) is 25.5 Å². The third-order valence-electron chi connectivity index (χ3n) is 2.32. The first kappa shape index (κ1) is 14.1. The third-order valence-corrected chi connectivity index (χ3v) is 2.32. The molecule has 0 aliphatic rings. The number of aliphatic carboxylic acids is 1. The maximum atomic E-state index is 12.9. The minimum Gasteiger partial charge on any atom is -0.480 e. The topological polar surface area (TPSA) is 86.6 Å². The van der Waals surface area contributed by atoms with E-state index in [2.05, 4.69) is 5.32 Å². The Morgan fingerprint density at radius 2 is 2.11 bits per heavy atom. The van der Waals surface area contributed by atoms with E-state index in [0.717, 1.165) is 0 Å². The van der Waals surface area contributed by atoms with Crippen molar-refractivity contribution in [1.82, 2.24) is 5.32 Å². The lowest BCUT2D eigenvalue weighted by atomic mass is 10.1. The predicted molar refractivity (Wildman–Crippen MR) is 61.4 cm³/mol. The summed E-state index contributed by atoms with van der Waals surface area (Å²) in [5, 5.41) is 20.1. The van der Waals surface area contributed by atoms with E-state index in [9.17, 15) is 14.0 Å². The van der Waals surface area contributed by atoms with Crippen LogP contribution in [0.5, 0.6) is 0 Å². The third kappa shape index (κ3) is 4.14. The number of carboxylic acid groups (broad SMARTS) is 1. The van der Waals surface area contributed by atoms with Gasteiger partial charge in [-0.05, 0) is 24.6 Å². The Labute approximate surface area is 103 Å². The smallest absolute Gasteiger partial charge is 0.326 e. The summed E-state index contributed by atoms with van der Waals surface area (Å²) in [4.78, 5) is 22.2. The highest BCUT2D eigenvalue weighted by molar-refractivity contribution is 5.86. The standard InChI is InChI=1S/C12H14FNO4/c1-7(15)11(16)14-10(12(17)18)6-8-3-2-4-9(13)5-8/h2-5,7,10,15H,6H2,1H3,(H,14,16)(H,17,18)/t7-,10-/m0/s1. The van der Waals surface area contributed by atoms with Crippen LogP contribution < -0.4 is 5.32 Å². The van der Waals surface area contributed by atoms with E-state index in [0.29, 0.717) is 5.56 Å². The average molecular weight is 255 g/mol. The van der Waals surface area contributed by atoms with Gasteiger partial charge in [-0.15, -0.1) is 0 Å². The quantitative estimate of drug-likeness (QED) is 0.707. The molecule has 0 heterocycles. The molecule has 0 aliphatic carbocycles. The minimum atomic E-state index is -1.29. The highest BCUT2D eigenvalue weighted by atomic mass is 19.1. The Morgan fingerprint density at radius 3 is 2.61 bits per heavy atom. The zero-order valence-corrected chi connectivity index (χ0v) is 9.76. The van der Waals surface area contributed by atoms with Crippen molar-refractivity contribution in [1.29, 1.82) is 0 Å². The first-order chi connectivity index (χ1) is 8.40. The van der Waals surface area contributed by atoms with Gasteiger partial charge in [0.25, 0.3) is 0 Å². The zero-order chi connectivity index (χ0) is 13.7. The van der Waals surface area contributed by atoms with Crippen LogP contribution >= 0.6 is 0 Å². The van der Waals surface area contributed by atoms with Gasteiger partial charge in [0, 0.05) is 6.42 Å². The number of hydrogen-bond donors (Lipinski definition) is 3. The summed E-state index contributed by atoms with van der Waals surface area (Å²) < 4.78 is 12.9. The maximum absolute atomic E-state index is 12.9. The lowest BCUT2D eigenvalue weighted by Gasteiger charge is -2.15. The number of carbonyl (C=O) groups excluding carboxylic acids is 1. The lowest BCUT2D eigenvalue weighted by Crippen LogP contribution is -2.45. The van der Waals surface area contributed by atoms with Gasteiger partial charge in [-0.2, -0.15) is 0 Å². The van der Waals surface area contributed by atoms with Crippen molar-refractivity contribution in [3.8, 4) is 0 Å². The number of halogens is 1. The van der Waals surface area contributed by atoms with Gasteiger partial charge in [0.05, 0.1) is 0 Å². The van der Waals surface area contributed by atoms with E-state index in [-0.39, 0.29) is 6.42 Å². The minimum absolute atomic E-state index is 0.0500. The Bertz CT molecular complexity index is 447. The van der Waals surface area contributed by atoms with E-state index in [4.69, 9.17) is 10.2 Å². The first-order valence-electron chi connectivity index (χ1n) is 5.36. The summed E-state index contributed by atoms with van der Waals surface area (Å²) >= 11 is 0. The number of benzene rings is 1. The molecule has 0 radical (unpaired) electrons. The molecule has 0 spiro atoms. The molecule has 1 aromatic rings. The molecule has 98 valence electrons. The number of amides is 1.